The van der Waals surface area contributed by atoms with Gasteiger partial charge in [0.05, 0.1) is 24.5 Å². The van der Waals surface area contributed by atoms with Gasteiger partial charge in [0.15, 0.2) is 0 Å². The van der Waals surface area contributed by atoms with E-state index in [0.29, 0.717) is 11.5 Å². The van der Waals surface area contributed by atoms with Crippen molar-refractivity contribution >= 4 is 29.4 Å². The van der Waals surface area contributed by atoms with Crippen LogP contribution in [0.3, 0.4) is 0 Å². The minimum absolute atomic E-state index is 0.0878. The lowest BCUT2D eigenvalue weighted by Crippen LogP contribution is -2.33. The van der Waals surface area contributed by atoms with E-state index in [-0.39, 0.29) is 30.4 Å². The number of carbonyl (C=O) groups is 3. The van der Waals surface area contributed by atoms with E-state index in [1.54, 1.807) is 18.3 Å². The van der Waals surface area contributed by atoms with E-state index >= 15 is 0 Å². The first-order valence-corrected chi connectivity index (χ1v) is 10.1. The normalized spacial score (nSPS) is 15.3. The van der Waals surface area contributed by atoms with Crippen LogP contribution in [0.5, 0.6) is 0 Å². The van der Waals surface area contributed by atoms with Crippen LogP contribution < -0.4 is 15.5 Å². The van der Waals surface area contributed by atoms with Crippen LogP contribution in [0.25, 0.3) is 5.69 Å². The number of cyclic esters (lactones) is 1. The summed E-state index contributed by atoms with van der Waals surface area (Å²) in [5.41, 5.74) is 1.52. The van der Waals surface area contributed by atoms with Gasteiger partial charge in [-0.05, 0) is 36.8 Å². The van der Waals surface area contributed by atoms with E-state index < -0.39 is 23.9 Å². The first kappa shape index (κ1) is 21.9. The Balaban J connectivity index is 1.46. The molecule has 3 aromatic rings. The van der Waals surface area contributed by atoms with Gasteiger partial charge in [0.2, 0.25) is 5.91 Å². The molecule has 11 heteroatoms. The molecule has 3 amide bonds. The Bertz CT molecular complexity index is 1210. The molecular weight excluding hydrogens is 431 g/mol. The van der Waals surface area contributed by atoms with Gasteiger partial charge in [-0.1, -0.05) is 6.07 Å². The van der Waals surface area contributed by atoms with Crippen LogP contribution in [0.15, 0.2) is 49.1 Å². The highest BCUT2D eigenvalue weighted by atomic mass is 19.1. The third kappa shape index (κ3) is 4.97. The molecular formula is C22H21FN6O4. The summed E-state index contributed by atoms with van der Waals surface area (Å²) < 4.78 is 21.4. The Labute approximate surface area is 188 Å². The molecule has 2 N–H and O–H groups in total. The minimum Gasteiger partial charge on any atom is -0.442 e. The van der Waals surface area contributed by atoms with Crippen molar-refractivity contribution in [3.63, 3.8) is 0 Å². The quantitative estimate of drug-likeness (QED) is 0.593. The number of aryl methyl sites for hydroxylation is 1. The predicted molar refractivity (Wildman–Crippen MR) is 117 cm³/mol. The number of halogens is 1. The molecule has 1 saturated heterocycles. The Morgan fingerprint density at radius 3 is 2.76 bits per heavy atom. The number of imidazole rings is 1. The van der Waals surface area contributed by atoms with Gasteiger partial charge in [-0.2, -0.15) is 0 Å². The summed E-state index contributed by atoms with van der Waals surface area (Å²) in [4.78, 5) is 45.1. The number of aromatic nitrogens is 3. The second-order valence-corrected chi connectivity index (χ2v) is 7.53. The number of ether oxygens (including phenoxy) is 1. The highest BCUT2D eigenvalue weighted by Crippen LogP contribution is 2.25. The summed E-state index contributed by atoms with van der Waals surface area (Å²) in [6.45, 7) is 3.61. The van der Waals surface area contributed by atoms with Gasteiger partial charge in [0.25, 0.3) is 5.91 Å². The van der Waals surface area contributed by atoms with Crippen molar-refractivity contribution in [1.82, 2.24) is 19.9 Å². The zero-order valence-corrected chi connectivity index (χ0v) is 17.9. The van der Waals surface area contributed by atoms with E-state index in [0.717, 1.165) is 5.56 Å². The molecule has 1 aliphatic rings. The Hall–Kier alpha value is -4.28. The van der Waals surface area contributed by atoms with Gasteiger partial charge in [-0.25, -0.2) is 19.2 Å². The van der Waals surface area contributed by atoms with Crippen molar-refractivity contribution in [2.24, 2.45) is 0 Å². The summed E-state index contributed by atoms with van der Waals surface area (Å²) in [5, 5.41) is 5.22. The monoisotopic (exact) mass is 452 g/mol. The molecule has 0 unspecified atom stereocenters. The van der Waals surface area contributed by atoms with Crippen LogP contribution in [0.1, 0.15) is 23.0 Å². The van der Waals surface area contributed by atoms with Crippen molar-refractivity contribution in [2.75, 3.05) is 23.3 Å². The number of hydrogen-bond donors (Lipinski definition) is 2. The first-order chi connectivity index (χ1) is 15.8. The SMILES string of the molecule is CC(=O)NC[C@H]1CN(c2ccc(-n3cnc(C(=O)Nc4ccc(C)cn4)c3)c(F)c2)C(=O)O1. The minimum atomic E-state index is -0.621. The van der Waals surface area contributed by atoms with Crippen LogP contribution in [-0.4, -0.2) is 51.6 Å². The lowest BCUT2D eigenvalue weighted by molar-refractivity contribution is -0.119. The molecule has 0 radical (unpaired) electrons. The van der Waals surface area contributed by atoms with Gasteiger partial charge in [-0.3, -0.25) is 14.5 Å². The second-order valence-electron chi connectivity index (χ2n) is 7.53. The molecule has 1 aromatic carbocycles. The number of anilines is 2. The number of amides is 3. The zero-order chi connectivity index (χ0) is 23.5. The molecule has 1 aliphatic heterocycles. The fourth-order valence-corrected chi connectivity index (χ4v) is 3.26. The first-order valence-electron chi connectivity index (χ1n) is 10.1. The number of hydrogen-bond acceptors (Lipinski definition) is 6. The fraction of sp³-hybridized carbons (Fsp3) is 0.227. The largest absolute Gasteiger partial charge is 0.442 e. The number of nitrogens with zero attached hydrogens (tertiary/aromatic N) is 4. The molecule has 1 fully saturated rings. The van der Waals surface area contributed by atoms with Crippen LogP contribution in [-0.2, 0) is 9.53 Å². The summed E-state index contributed by atoms with van der Waals surface area (Å²) >= 11 is 0. The van der Waals surface area contributed by atoms with Gasteiger partial charge in [0.1, 0.15) is 29.8 Å². The van der Waals surface area contributed by atoms with Crippen molar-refractivity contribution in [2.45, 2.75) is 20.0 Å². The Kier molecular flexibility index (Phi) is 6.03. The molecule has 0 aliphatic carbocycles. The van der Waals surface area contributed by atoms with Crippen LogP contribution in [0.4, 0.5) is 20.7 Å². The number of rotatable bonds is 6. The van der Waals surface area contributed by atoms with E-state index in [2.05, 4.69) is 20.6 Å². The van der Waals surface area contributed by atoms with Gasteiger partial charge < -0.3 is 19.9 Å². The third-order valence-corrected chi connectivity index (χ3v) is 4.94. The maximum absolute atomic E-state index is 14.9. The van der Waals surface area contributed by atoms with Crippen LogP contribution in [0.2, 0.25) is 0 Å². The molecule has 10 nitrogen and oxygen atoms in total. The number of nitrogens with one attached hydrogen (secondary N) is 2. The average molecular weight is 452 g/mol. The lowest BCUT2D eigenvalue weighted by atomic mass is 10.2. The molecule has 4 rings (SSSR count). The second kappa shape index (κ2) is 9.07. The maximum Gasteiger partial charge on any atom is 0.414 e. The summed E-state index contributed by atoms with van der Waals surface area (Å²) in [7, 11) is 0. The van der Waals surface area contributed by atoms with Crippen LogP contribution >= 0.6 is 0 Å². The van der Waals surface area contributed by atoms with Crippen molar-refractivity contribution in [3.8, 4) is 5.69 Å². The van der Waals surface area contributed by atoms with Crippen molar-refractivity contribution in [3.05, 3.63) is 66.1 Å². The summed E-state index contributed by atoms with van der Waals surface area (Å²) in [6, 6.07) is 7.73. The molecule has 3 heterocycles. The third-order valence-electron chi connectivity index (χ3n) is 4.94. The molecule has 1 atom stereocenters. The Morgan fingerprint density at radius 1 is 1.24 bits per heavy atom. The maximum atomic E-state index is 14.9. The topological polar surface area (TPSA) is 118 Å². The standard InChI is InChI=1S/C22H21FN6O4/c1-13-3-6-20(25-8-13)27-21(31)18-11-28(12-26-18)19-5-4-15(7-17(19)23)29-10-16(33-22(29)32)9-24-14(2)30/h3-8,11-12,16H,9-10H2,1-2H3,(H,24,30)(H,25,27,31)/t16-/m0/s1. The van der Waals surface area contributed by atoms with Crippen LogP contribution in [0, 0.1) is 12.7 Å². The number of benzene rings is 1. The Morgan fingerprint density at radius 2 is 2.06 bits per heavy atom. The lowest BCUT2D eigenvalue weighted by Gasteiger charge is -2.14. The van der Waals surface area contributed by atoms with Crippen molar-refractivity contribution in [1.29, 1.82) is 0 Å². The molecule has 0 bridgehead atoms. The zero-order valence-electron chi connectivity index (χ0n) is 17.9. The van der Waals surface area contributed by atoms with E-state index in [9.17, 15) is 18.8 Å². The number of pyridine rings is 1. The fourth-order valence-electron chi connectivity index (χ4n) is 3.26. The van der Waals surface area contributed by atoms with Gasteiger partial charge in [0, 0.05) is 19.3 Å². The highest BCUT2D eigenvalue weighted by molar-refractivity contribution is 6.02. The highest BCUT2D eigenvalue weighted by Gasteiger charge is 2.32. The molecule has 2 aromatic heterocycles. The summed E-state index contributed by atoms with van der Waals surface area (Å²) in [5.74, 6) is -0.948. The average Bonchev–Trinajstić information content (AvgIpc) is 3.41. The van der Waals surface area contributed by atoms with E-state index in [1.807, 2.05) is 13.0 Å². The molecule has 0 saturated carbocycles. The predicted octanol–water partition coefficient (Wildman–Crippen LogP) is 2.43. The van der Waals surface area contributed by atoms with Gasteiger partial charge >= 0.3 is 6.09 Å². The molecule has 170 valence electrons. The smallest absolute Gasteiger partial charge is 0.414 e. The van der Waals surface area contributed by atoms with E-state index in [4.69, 9.17) is 4.74 Å². The molecule has 0 spiro atoms. The summed E-state index contributed by atoms with van der Waals surface area (Å²) in [6.07, 6.45) is 3.20. The van der Waals surface area contributed by atoms with Crippen molar-refractivity contribution < 1.29 is 23.5 Å². The van der Waals surface area contributed by atoms with Gasteiger partial charge in [-0.15, -0.1) is 0 Å². The number of carbonyl (C=O) groups excluding carboxylic acids is 3. The van der Waals surface area contributed by atoms with E-state index in [1.165, 1.54) is 41.0 Å². The molecule has 33 heavy (non-hydrogen) atoms.